The molecule has 0 saturated heterocycles. The van der Waals surface area contributed by atoms with E-state index in [4.69, 9.17) is 0 Å². The molecule has 0 spiro atoms. The van der Waals surface area contributed by atoms with E-state index in [1.807, 2.05) is 88.6 Å². The summed E-state index contributed by atoms with van der Waals surface area (Å²) in [4.78, 5) is 4.32. The molecule has 0 bridgehead atoms. The minimum atomic E-state index is -0.515. The van der Waals surface area contributed by atoms with Gasteiger partial charge in [-0.05, 0) is 39.1 Å². The number of aliphatic hydroxyl groups is 2. The van der Waals surface area contributed by atoms with Crippen molar-refractivity contribution in [1.82, 2.24) is 9.80 Å². The maximum Gasteiger partial charge on any atom is 0.0942 e. The lowest BCUT2D eigenvalue weighted by Crippen LogP contribution is -2.42. The molecule has 0 fully saturated rings. The SMILES string of the molecule is C[C@@H]([C@@H](O)c1ccccc1)N(C)CCN(C)[C@@H](C)[C@@H](O)c1ccccc1. The molecule has 0 aliphatic heterocycles. The van der Waals surface area contributed by atoms with Crippen LogP contribution in [0.15, 0.2) is 60.7 Å². The Bertz CT molecular complexity index is 578. The van der Waals surface area contributed by atoms with E-state index in [-0.39, 0.29) is 12.1 Å². The van der Waals surface area contributed by atoms with Crippen LogP contribution in [0.25, 0.3) is 0 Å². The molecule has 0 amide bonds. The average molecular weight is 357 g/mol. The van der Waals surface area contributed by atoms with Gasteiger partial charge in [0.1, 0.15) is 0 Å². The third-order valence-corrected chi connectivity index (χ3v) is 5.39. The summed E-state index contributed by atoms with van der Waals surface area (Å²) in [7, 11) is 4.06. The van der Waals surface area contributed by atoms with Gasteiger partial charge in [-0.2, -0.15) is 0 Å². The van der Waals surface area contributed by atoms with E-state index < -0.39 is 12.2 Å². The summed E-state index contributed by atoms with van der Waals surface area (Å²) in [5.74, 6) is 0. The van der Waals surface area contributed by atoms with Gasteiger partial charge >= 0.3 is 0 Å². The van der Waals surface area contributed by atoms with Crippen molar-refractivity contribution in [3.63, 3.8) is 0 Å². The topological polar surface area (TPSA) is 46.9 Å². The molecule has 2 N–H and O–H groups in total. The van der Waals surface area contributed by atoms with Crippen LogP contribution in [-0.4, -0.2) is 59.3 Å². The number of hydrogen-bond donors (Lipinski definition) is 2. The summed E-state index contributed by atoms with van der Waals surface area (Å²) in [6, 6.07) is 19.6. The molecule has 26 heavy (non-hydrogen) atoms. The molecular formula is C22H32N2O2. The molecule has 0 saturated carbocycles. The van der Waals surface area contributed by atoms with Gasteiger partial charge in [-0.15, -0.1) is 0 Å². The van der Waals surface area contributed by atoms with Gasteiger partial charge in [0, 0.05) is 25.2 Å². The van der Waals surface area contributed by atoms with Crippen molar-refractivity contribution in [3.05, 3.63) is 71.8 Å². The van der Waals surface area contributed by atoms with Crippen LogP contribution in [0, 0.1) is 0 Å². The molecule has 0 unspecified atom stereocenters. The van der Waals surface area contributed by atoms with E-state index >= 15 is 0 Å². The molecule has 0 aliphatic rings. The maximum atomic E-state index is 10.6. The van der Waals surface area contributed by atoms with Gasteiger partial charge in [0.15, 0.2) is 0 Å². The van der Waals surface area contributed by atoms with Crippen molar-refractivity contribution in [3.8, 4) is 0 Å². The van der Waals surface area contributed by atoms with E-state index in [1.165, 1.54) is 0 Å². The largest absolute Gasteiger partial charge is 0.387 e. The van der Waals surface area contributed by atoms with Gasteiger partial charge in [0.2, 0.25) is 0 Å². The first-order valence-corrected chi connectivity index (χ1v) is 9.28. The Hall–Kier alpha value is -1.72. The highest BCUT2D eigenvalue weighted by Gasteiger charge is 2.23. The molecule has 2 aromatic rings. The normalized spacial score (nSPS) is 16.5. The number of aliphatic hydroxyl groups excluding tert-OH is 2. The van der Waals surface area contributed by atoms with Gasteiger partial charge in [0.05, 0.1) is 12.2 Å². The summed E-state index contributed by atoms with van der Waals surface area (Å²) >= 11 is 0. The predicted molar refractivity (Wildman–Crippen MR) is 107 cm³/mol. The van der Waals surface area contributed by atoms with Crippen LogP contribution in [0.5, 0.6) is 0 Å². The third kappa shape index (κ3) is 5.39. The van der Waals surface area contributed by atoms with E-state index in [0.29, 0.717) is 0 Å². The van der Waals surface area contributed by atoms with Crippen molar-refractivity contribution in [2.75, 3.05) is 27.2 Å². The lowest BCUT2D eigenvalue weighted by atomic mass is 10.0. The first kappa shape index (κ1) is 20.6. The summed E-state index contributed by atoms with van der Waals surface area (Å²) < 4.78 is 0. The minimum Gasteiger partial charge on any atom is -0.387 e. The third-order valence-electron chi connectivity index (χ3n) is 5.39. The minimum absolute atomic E-state index is 0.0140. The number of nitrogens with zero attached hydrogens (tertiary/aromatic N) is 2. The molecule has 4 atom stereocenters. The van der Waals surface area contributed by atoms with Gasteiger partial charge in [-0.25, -0.2) is 0 Å². The Kier molecular flexibility index (Phi) is 7.79. The second kappa shape index (κ2) is 9.83. The monoisotopic (exact) mass is 356 g/mol. The van der Waals surface area contributed by atoms with Crippen LogP contribution in [0.3, 0.4) is 0 Å². The number of hydrogen-bond acceptors (Lipinski definition) is 4. The zero-order chi connectivity index (χ0) is 19.1. The maximum absolute atomic E-state index is 10.6. The molecule has 0 radical (unpaired) electrons. The fraction of sp³-hybridized carbons (Fsp3) is 0.455. The molecule has 2 aromatic carbocycles. The summed E-state index contributed by atoms with van der Waals surface area (Å²) in [5.41, 5.74) is 1.88. The van der Waals surface area contributed by atoms with E-state index in [9.17, 15) is 10.2 Å². The zero-order valence-corrected chi connectivity index (χ0v) is 16.3. The summed E-state index contributed by atoms with van der Waals surface area (Å²) in [5, 5.41) is 21.2. The first-order valence-electron chi connectivity index (χ1n) is 9.28. The molecule has 4 nitrogen and oxygen atoms in total. The van der Waals surface area contributed by atoms with Crippen LogP contribution < -0.4 is 0 Å². The molecular weight excluding hydrogens is 324 g/mol. The number of likely N-dealkylation sites (N-methyl/N-ethyl adjacent to an activating group) is 2. The molecule has 0 aliphatic carbocycles. The van der Waals surface area contributed by atoms with Gasteiger partial charge in [0.25, 0.3) is 0 Å². The zero-order valence-electron chi connectivity index (χ0n) is 16.3. The fourth-order valence-corrected chi connectivity index (χ4v) is 3.06. The fourth-order valence-electron chi connectivity index (χ4n) is 3.06. The van der Waals surface area contributed by atoms with Crippen LogP contribution in [0.2, 0.25) is 0 Å². The van der Waals surface area contributed by atoms with E-state index in [2.05, 4.69) is 9.80 Å². The Morgan fingerprint density at radius 2 is 0.962 bits per heavy atom. The number of benzene rings is 2. The average Bonchev–Trinajstić information content (AvgIpc) is 2.70. The predicted octanol–water partition coefficient (Wildman–Crippen LogP) is 3.09. The highest BCUT2D eigenvalue weighted by molar-refractivity contribution is 5.19. The van der Waals surface area contributed by atoms with Crippen LogP contribution in [-0.2, 0) is 0 Å². The van der Waals surface area contributed by atoms with Gasteiger partial charge < -0.3 is 10.2 Å². The molecule has 142 valence electrons. The van der Waals surface area contributed by atoms with Crippen molar-refractivity contribution in [2.45, 2.75) is 38.1 Å². The summed E-state index contributed by atoms with van der Waals surface area (Å²) in [6.07, 6.45) is -1.03. The van der Waals surface area contributed by atoms with Crippen molar-refractivity contribution in [1.29, 1.82) is 0 Å². The standard InChI is InChI=1S/C22H32N2O2/c1-17(21(25)19-11-7-5-8-12-19)23(3)15-16-24(4)18(2)22(26)20-13-9-6-10-14-20/h5-14,17-18,21-22,25-26H,15-16H2,1-4H3/t17-,18-,21+,22+/m0/s1. The van der Waals surface area contributed by atoms with Crippen molar-refractivity contribution in [2.24, 2.45) is 0 Å². The van der Waals surface area contributed by atoms with E-state index in [1.54, 1.807) is 0 Å². The summed E-state index contributed by atoms with van der Waals surface area (Å²) in [6.45, 7) is 5.71. The number of rotatable bonds is 9. The van der Waals surface area contributed by atoms with Crippen LogP contribution in [0.4, 0.5) is 0 Å². The second-order valence-corrected chi connectivity index (χ2v) is 7.15. The Balaban J connectivity index is 1.86. The van der Waals surface area contributed by atoms with E-state index in [0.717, 1.165) is 24.2 Å². The Morgan fingerprint density at radius 3 is 1.27 bits per heavy atom. The quantitative estimate of drug-likeness (QED) is 0.725. The lowest BCUT2D eigenvalue weighted by molar-refractivity contribution is 0.0466. The Labute approximate surface area is 157 Å². The Morgan fingerprint density at radius 1 is 0.654 bits per heavy atom. The highest BCUT2D eigenvalue weighted by atomic mass is 16.3. The van der Waals surface area contributed by atoms with Crippen LogP contribution in [0.1, 0.15) is 37.2 Å². The molecule has 4 heteroatoms. The van der Waals surface area contributed by atoms with Crippen molar-refractivity contribution >= 4 is 0 Å². The second-order valence-electron chi connectivity index (χ2n) is 7.15. The van der Waals surface area contributed by atoms with Crippen molar-refractivity contribution < 1.29 is 10.2 Å². The smallest absolute Gasteiger partial charge is 0.0942 e. The van der Waals surface area contributed by atoms with Gasteiger partial charge in [-0.1, -0.05) is 60.7 Å². The van der Waals surface area contributed by atoms with Gasteiger partial charge in [-0.3, -0.25) is 9.80 Å². The highest BCUT2D eigenvalue weighted by Crippen LogP contribution is 2.21. The molecule has 0 heterocycles. The lowest BCUT2D eigenvalue weighted by Gasteiger charge is -2.33. The first-order chi connectivity index (χ1) is 12.4. The van der Waals surface area contributed by atoms with Crippen LogP contribution >= 0.6 is 0 Å². The molecule has 2 rings (SSSR count). The molecule has 0 aromatic heterocycles.